The molecule has 0 atom stereocenters. The van der Waals surface area contributed by atoms with Crippen LogP contribution >= 0.6 is 0 Å². The molecule has 0 aliphatic carbocycles. The monoisotopic (exact) mass is 290 g/mol. The molecule has 0 saturated heterocycles. The third kappa shape index (κ3) is 3.29. The predicted molar refractivity (Wildman–Crippen MR) is 88.3 cm³/mol. The quantitative estimate of drug-likeness (QED) is 0.753. The third-order valence-electron chi connectivity index (χ3n) is 3.75. The lowest BCUT2D eigenvalue weighted by molar-refractivity contribution is 0.443. The first kappa shape index (κ1) is 14.2. The van der Waals surface area contributed by atoms with Gasteiger partial charge in [-0.05, 0) is 28.3 Å². The fraction of sp³-hybridized carbons (Fsp3) is 0.100. The second-order valence-corrected chi connectivity index (χ2v) is 5.43. The molecule has 2 nitrogen and oxygen atoms in total. The van der Waals surface area contributed by atoms with Gasteiger partial charge in [0.05, 0.1) is 0 Å². The molecule has 3 rings (SSSR count). The molecule has 0 aromatic heterocycles. The molecule has 0 saturated carbocycles. The average molecular weight is 290 g/mol. The molecule has 3 aromatic rings. The van der Waals surface area contributed by atoms with Crippen LogP contribution in [-0.4, -0.2) is 10.2 Å². The number of hydrogen-bond donors (Lipinski definition) is 2. The molecule has 0 fully saturated rings. The maximum atomic E-state index is 10.1. The minimum absolute atomic E-state index is 0.137. The van der Waals surface area contributed by atoms with E-state index in [2.05, 4.69) is 0 Å². The summed E-state index contributed by atoms with van der Waals surface area (Å²) in [6, 6.07) is 23.3. The van der Waals surface area contributed by atoms with Crippen molar-refractivity contribution < 1.29 is 10.2 Å². The Labute approximate surface area is 130 Å². The summed E-state index contributed by atoms with van der Waals surface area (Å²) in [5, 5.41) is 20.2. The molecule has 2 N–H and O–H groups in total. The van der Waals surface area contributed by atoms with Gasteiger partial charge in [-0.1, -0.05) is 60.7 Å². The van der Waals surface area contributed by atoms with Crippen LogP contribution in [0.3, 0.4) is 0 Å². The molecule has 0 heterocycles. The van der Waals surface area contributed by atoms with Crippen LogP contribution in [0.25, 0.3) is 0 Å². The Kier molecular flexibility index (Phi) is 4.10. The van der Waals surface area contributed by atoms with E-state index in [1.54, 1.807) is 0 Å². The van der Waals surface area contributed by atoms with E-state index in [4.69, 9.17) is 0 Å². The lowest BCUT2D eigenvalue weighted by atomic mass is 9.97. The summed E-state index contributed by atoms with van der Waals surface area (Å²) in [7, 11) is 0. The SMILES string of the molecule is Oc1cc(O)c(Cc2ccccc2)cc1Cc1ccccc1. The van der Waals surface area contributed by atoms with Crippen LogP contribution in [0.1, 0.15) is 22.3 Å². The van der Waals surface area contributed by atoms with Crippen molar-refractivity contribution in [3.8, 4) is 11.5 Å². The summed E-state index contributed by atoms with van der Waals surface area (Å²) in [5.74, 6) is 0.274. The number of benzene rings is 3. The van der Waals surface area contributed by atoms with E-state index in [-0.39, 0.29) is 11.5 Å². The van der Waals surface area contributed by atoms with Crippen molar-refractivity contribution >= 4 is 0 Å². The third-order valence-corrected chi connectivity index (χ3v) is 3.75. The van der Waals surface area contributed by atoms with Gasteiger partial charge >= 0.3 is 0 Å². The van der Waals surface area contributed by atoms with Crippen molar-refractivity contribution in [1.82, 2.24) is 0 Å². The Bertz CT molecular complexity index is 687. The Hall–Kier alpha value is -2.74. The van der Waals surface area contributed by atoms with Gasteiger partial charge in [-0.2, -0.15) is 0 Å². The van der Waals surface area contributed by atoms with Gasteiger partial charge in [-0.15, -0.1) is 0 Å². The molecule has 22 heavy (non-hydrogen) atoms. The molecule has 0 aliphatic heterocycles. The highest BCUT2D eigenvalue weighted by Crippen LogP contribution is 2.30. The first-order valence-electron chi connectivity index (χ1n) is 7.34. The zero-order valence-electron chi connectivity index (χ0n) is 12.2. The molecule has 0 unspecified atom stereocenters. The highest BCUT2D eigenvalue weighted by Gasteiger charge is 2.10. The molecule has 0 radical (unpaired) electrons. The maximum absolute atomic E-state index is 10.1. The highest BCUT2D eigenvalue weighted by molar-refractivity contribution is 5.48. The van der Waals surface area contributed by atoms with Gasteiger partial charge in [-0.3, -0.25) is 0 Å². The first-order chi connectivity index (χ1) is 10.7. The van der Waals surface area contributed by atoms with E-state index >= 15 is 0 Å². The molecule has 110 valence electrons. The van der Waals surface area contributed by atoms with Gasteiger partial charge < -0.3 is 10.2 Å². The van der Waals surface area contributed by atoms with Crippen LogP contribution in [0.4, 0.5) is 0 Å². The summed E-state index contributed by atoms with van der Waals surface area (Å²) in [5.41, 5.74) is 3.92. The summed E-state index contributed by atoms with van der Waals surface area (Å²) in [4.78, 5) is 0. The van der Waals surface area contributed by atoms with E-state index in [1.165, 1.54) is 6.07 Å². The molecule has 3 aromatic carbocycles. The molecule has 0 amide bonds. The molecule has 2 heteroatoms. The zero-order chi connectivity index (χ0) is 15.4. The predicted octanol–water partition coefficient (Wildman–Crippen LogP) is 4.28. The minimum atomic E-state index is 0.137. The Morgan fingerprint density at radius 1 is 0.545 bits per heavy atom. The Morgan fingerprint density at radius 3 is 1.36 bits per heavy atom. The number of hydrogen-bond acceptors (Lipinski definition) is 2. The van der Waals surface area contributed by atoms with E-state index in [0.717, 1.165) is 22.3 Å². The Balaban J connectivity index is 1.90. The normalized spacial score (nSPS) is 10.5. The highest BCUT2D eigenvalue weighted by atomic mass is 16.3. The van der Waals surface area contributed by atoms with Crippen molar-refractivity contribution in [2.24, 2.45) is 0 Å². The van der Waals surface area contributed by atoms with Crippen molar-refractivity contribution in [2.45, 2.75) is 12.8 Å². The fourth-order valence-corrected chi connectivity index (χ4v) is 2.59. The van der Waals surface area contributed by atoms with E-state index in [0.29, 0.717) is 12.8 Å². The van der Waals surface area contributed by atoms with Gasteiger partial charge in [-0.25, -0.2) is 0 Å². The lowest BCUT2D eigenvalue weighted by Gasteiger charge is -2.11. The van der Waals surface area contributed by atoms with Crippen molar-refractivity contribution in [3.63, 3.8) is 0 Å². The van der Waals surface area contributed by atoms with E-state index in [9.17, 15) is 10.2 Å². The van der Waals surface area contributed by atoms with Crippen LogP contribution in [-0.2, 0) is 12.8 Å². The van der Waals surface area contributed by atoms with Crippen LogP contribution in [0, 0.1) is 0 Å². The van der Waals surface area contributed by atoms with Crippen LogP contribution in [0.2, 0.25) is 0 Å². The van der Waals surface area contributed by atoms with Crippen LogP contribution in [0.15, 0.2) is 72.8 Å². The largest absolute Gasteiger partial charge is 0.508 e. The second-order valence-electron chi connectivity index (χ2n) is 5.43. The molecule has 0 aliphatic rings. The van der Waals surface area contributed by atoms with Gasteiger partial charge in [0.1, 0.15) is 11.5 Å². The molecular weight excluding hydrogens is 272 g/mol. The Morgan fingerprint density at radius 2 is 0.955 bits per heavy atom. The number of phenolic OH excluding ortho intramolecular Hbond substituents is 2. The smallest absolute Gasteiger partial charge is 0.122 e. The van der Waals surface area contributed by atoms with Crippen LogP contribution < -0.4 is 0 Å². The second kappa shape index (κ2) is 6.35. The van der Waals surface area contributed by atoms with E-state index < -0.39 is 0 Å². The first-order valence-corrected chi connectivity index (χ1v) is 7.34. The molecule has 0 spiro atoms. The van der Waals surface area contributed by atoms with Gasteiger partial charge in [0.25, 0.3) is 0 Å². The van der Waals surface area contributed by atoms with E-state index in [1.807, 2.05) is 66.7 Å². The lowest BCUT2D eigenvalue weighted by Crippen LogP contribution is -1.94. The maximum Gasteiger partial charge on any atom is 0.122 e. The molecular formula is C20H18O2. The average Bonchev–Trinajstić information content (AvgIpc) is 2.54. The van der Waals surface area contributed by atoms with Crippen LogP contribution in [0.5, 0.6) is 11.5 Å². The standard InChI is InChI=1S/C20H18O2/c21-19-14-20(22)18(12-16-9-5-2-6-10-16)13-17(19)11-15-7-3-1-4-8-15/h1-10,13-14,21-22H,11-12H2. The number of phenols is 2. The summed E-state index contributed by atoms with van der Waals surface area (Å²) < 4.78 is 0. The van der Waals surface area contributed by atoms with Crippen molar-refractivity contribution in [3.05, 3.63) is 95.1 Å². The minimum Gasteiger partial charge on any atom is -0.508 e. The van der Waals surface area contributed by atoms with Crippen molar-refractivity contribution in [2.75, 3.05) is 0 Å². The van der Waals surface area contributed by atoms with Gasteiger partial charge in [0.2, 0.25) is 0 Å². The number of aromatic hydroxyl groups is 2. The summed E-state index contributed by atoms with van der Waals surface area (Å²) in [6.07, 6.45) is 1.30. The van der Waals surface area contributed by atoms with Gasteiger partial charge in [0.15, 0.2) is 0 Å². The summed E-state index contributed by atoms with van der Waals surface area (Å²) >= 11 is 0. The van der Waals surface area contributed by atoms with Crippen molar-refractivity contribution in [1.29, 1.82) is 0 Å². The zero-order valence-corrected chi connectivity index (χ0v) is 12.2. The topological polar surface area (TPSA) is 40.5 Å². The summed E-state index contributed by atoms with van der Waals surface area (Å²) in [6.45, 7) is 0. The molecule has 0 bridgehead atoms. The fourth-order valence-electron chi connectivity index (χ4n) is 2.59. The number of rotatable bonds is 4. The van der Waals surface area contributed by atoms with Gasteiger partial charge in [0, 0.05) is 18.9 Å².